The number of aliphatic hydroxyl groups excluding tert-OH is 1. The molecule has 3 aromatic carbocycles. The number of amides is 10. The van der Waals surface area contributed by atoms with Gasteiger partial charge in [0.2, 0.25) is 59.1 Å². The molecule has 0 aliphatic heterocycles. The van der Waals surface area contributed by atoms with Gasteiger partial charge >= 0.3 is 5.97 Å². The second-order valence-electron chi connectivity index (χ2n) is 22.7. The van der Waals surface area contributed by atoms with Crippen LogP contribution in [0, 0.1) is 11.3 Å². The molecule has 2 heterocycles. The van der Waals surface area contributed by atoms with E-state index in [-0.39, 0.29) is 81.8 Å². The standard InChI is InChI=1S/C62H86N18O14/c1-34(2)52(65)60(92)79-46(27-37-29-70-41-14-7-6-13-40(37)41)57(89)80-49(32-81)59(91)76-44(21-22-50(64)83)56(88)74-42(15-8-9-23-63)54(86)75-43(16-10-24-69-62(66)67)55(87)78-47(28-38-30-68-33-72-38)58(90)77-45(25-35-11-4-3-5-12-35)53(85)71-31-51(84)73-48(61(93)94)26-36-17-19-39(82)20-18-36/h3-7,11-14,17-20,29-30,33-34,42-49,52,70,81-82H,8-10,15-16,21-28,31-32,63,65H2,1-2H3,(H2,64,83)(H,68,72)(H,71,85)(H,73,84)(H,74,88)(H,75,86)(H,76,91)(H,77,90)(H,78,87)(H,79,92)(H,80,89)(H,93,94)(H4,66,67,69). The number of carboxylic acids is 1. The van der Waals surface area contributed by atoms with Crippen LogP contribution >= 0.6 is 0 Å². The van der Waals surface area contributed by atoms with E-state index in [2.05, 4.69) is 68.1 Å². The molecule has 0 fully saturated rings. The number of guanidine groups is 1. The van der Waals surface area contributed by atoms with E-state index in [0.29, 0.717) is 23.1 Å². The van der Waals surface area contributed by atoms with Crippen LogP contribution < -0.4 is 76.1 Å². The van der Waals surface area contributed by atoms with Gasteiger partial charge in [-0.15, -0.1) is 0 Å². The molecule has 0 aliphatic carbocycles. The smallest absolute Gasteiger partial charge is 0.326 e. The number of unbranched alkanes of at least 4 members (excludes halogenated alkanes) is 1. The van der Waals surface area contributed by atoms with Crippen LogP contribution in [0.2, 0.25) is 0 Å². The average Bonchev–Trinajstić information content (AvgIpc) is 1.74. The van der Waals surface area contributed by atoms with E-state index in [1.165, 1.54) is 36.8 Å². The van der Waals surface area contributed by atoms with Gasteiger partial charge in [-0.1, -0.05) is 74.5 Å². The van der Waals surface area contributed by atoms with Crippen molar-refractivity contribution in [2.45, 2.75) is 139 Å². The number of fused-ring (bicyclic) bond motifs is 1. The number of nitrogens with one attached hydrogen (secondary N) is 13. The molecule has 0 saturated heterocycles. The van der Waals surface area contributed by atoms with E-state index >= 15 is 0 Å². The van der Waals surface area contributed by atoms with Crippen molar-refractivity contribution < 1.29 is 68.1 Å². The van der Waals surface area contributed by atoms with Gasteiger partial charge in [0.25, 0.3) is 0 Å². The Morgan fingerprint density at radius 1 is 0.564 bits per heavy atom. The molecule has 9 unspecified atom stereocenters. The summed E-state index contributed by atoms with van der Waals surface area (Å²) < 4.78 is 0. The summed E-state index contributed by atoms with van der Waals surface area (Å²) in [5, 5.41) is 63.9. The molecule has 508 valence electrons. The summed E-state index contributed by atoms with van der Waals surface area (Å²) >= 11 is 0. The van der Waals surface area contributed by atoms with Crippen molar-refractivity contribution in [1.82, 2.24) is 68.1 Å². The van der Waals surface area contributed by atoms with E-state index in [9.17, 15) is 68.1 Å². The number of H-pyrrole nitrogens is 2. The second kappa shape index (κ2) is 37.8. The molecule has 9 atom stereocenters. The maximum Gasteiger partial charge on any atom is 0.326 e. The minimum atomic E-state index is -1.76. The normalized spacial score (nSPS) is 14.0. The number of nitrogens with two attached hydrogens (primary N) is 4. The molecule has 10 amide bonds. The third kappa shape index (κ3) is 24.6. The number of nitrogens with zero attached hydrogens (tertiary/aromatic N) is 1. The Hall–Kier alpha value is -10.5. The molecule has 32 nitrogen and oxygen atoms in total. The fourth-order valence-corrected chi connectivity index (χ4v) is 9.73. The number of aromatic nitrogens is 3. The fourth-order valence-electron chi connectivity index (χ4n) is 9.73. The molecule has 24 N–H and O–H groups in total. The maximum atomic E-state index is 14.7. The number of carbonyl (C=O) groups is 11. The lowest BCUT2D eigenvalue weighted by Crippen LogP contribution is -2.61. The number of carboxylic acid groups (broad SMARTS) is 1. The monoisotopic (exact) mass is 1310 g/mol. The number of phenolic OH excluding ortho intramolecular Hbond substituents is 1. The number of imidazole rings is 1. The highest BCUT2D eigenvalue weighted by Gasteiger charge is 2.36. The quantitative estimate of drug-likeness (QED) is 0.0103. The van der Waals surface area contributed by atoms with Crippen LogP contribution in [0.4, 0.5) is 0 Å². The molecule has 2 aromatic heterocycles. The molecule has 32 heteroatoms. The fraction of sp³-hybridized carbons (Fsp3) is 0.435. The van der Waals surface area contributed by atoms with Crippen LogP contribution in [0.15, 0.2) is 97.6 Å². The zero-order chi connectivity index (χ0) is 68.9. The third-order valence-corrected chi connectivity index (χ3v) is 15.0. The number of primary amides is 1. The first-order chi connectivity index (χ1) is 44.8. The molecule has 0 aliphatic rings. The number of hydrogen-bond acceptors (Lipinski definition) is 17. The van der Waals surface area contributed by atoms with Gasteiger partial charge in [-0.2, -0.15) is 0 Å². The minimum absolute atomic E-state index is 0.0225. The third-order valence-electron chi connectivity index (χ3n) is 15.0. The van der Waals surface area contributed by atoms with Gasteiger partial charge in [-0.05, 0) is 85.9 Å². The van der Waals surface area contributed by atoms with Crippen LogP contribution in [0.1, 0.15) is 81.2 Å². The summed E-state index contributed by atoms with van der Waals surface area (Å²) in [5.74, 6) is -11.4. The number of phenols is 1. The first-order valence-corrected chi connectivity index (χ1v) is 30.6. The largest absolute Gasteiger partial charge is 0.508 e. The molecule has 94 heavy (non-hydrogen) atoms. The number of aromatic amines is 2. The maximum absolute atomic E-state index is 14.7. The Balaban J connectivity index is 1.36. The average molecular weight is 1310 g/mol. The second-order valence-corrected chi connectivity index (χ2v) is 22.7. The Labute approximate surface area is 541 Å². The van der Waals surface area contributed by atoms with Gasteiger partial charge in [-0.3, -0.25) is 53.4 Å². The summed E-state index contributed by atoms with van der Waals surface area (Å²) in [5.41, 5.74) is 25.6. The lowest BCUT2D eigenvalue weighted by atomic mass is 10.0. The number of para-hydroxylation sites is 1. The molecule has 5 aromatic rings. The van der Waals surface area contributed by atoms with Crippen LogP contribution in [-0.4, -0.2) is 182 Å². The number of aromatic hydroxyl groups is 1. The minimum Gasteiger partial charge on any atom is -0.508 e. The van der Waals surface area contributed by atoms with Gasteiger partial charge in [0.05, 0.1) is 31.2 Å². The summed E-state index contributed by atoms with van der Waals surface area (Å²) in [6.45, 7) is 1.87. The Bertz CT molecular complexity index is 3370. The van der Waals surface area contributed by atoms with E-state index < -0.39 is 151 Å². The van der Waals surface area contributed by atoms with Gasteiger partial charge in [0.1, 0.15) is 54.1 Å². The highest BCUT2D eigenvalue weighted by atomic mass is 16.4. The lowest BCUT2D eigenvalue weighted by molar-refractivity contribution is -0.141. The molecular weight excluding hydrogens is 1220 g/mol. The van der Waals surface area contributed by atoms with Crippen LogP contribution in [0.3, 0.4) is 0 Å². The number of aliphatic hydroxyl groups is 1. The van der Waals surface area contributed by atoms with Crippen molar-refractivity contribution in [1.29, 1.82) is 5.41 Å². The zero-order valence-electron chi connectivity index (χ0n) is 52.2. The van der Waals surface area contributed by atoms with Crippen molar-refractivity contribution in [2.75, 3.05) is 26.2 Å². The number of benzene rings is 3. The summed E-state index contributed by atoms with van der Waals surface area (Å²) in [6, 6.07) is 8.15. The van der Waals surface area contributed by atoms with E-state index in [1.54, 1.807) is 68.6 Å². The Kier molecular flexibility index (Phi) is 29.8. The van der Waals surface area contributed by atoms with Crippen LogP contribution in [-0.2, 0) is 78.4 Å². The first kappa shape index (κ1) is 74.3. The van der Waals surface area contributed by atoms with Gasteiger partial charge in [0.15, 0.2) is 5.96 Å². The van der Waals surface area contributed by atoms with Gasteiger partial charge in [0, 0.05) is 61.9 Å². The van der Waals surface area contributed by atoms with Crippen molar-refractivity contribution in [3.05, 3.63) is 120 Å². The van der Waals surface area contributed by atoms with Crippen molar-refractivity contribution in [2.24, 2.45) is 28.9 Å². The van der Waals surface area contributed by atoms with Gasteiger partial charge in [-0.25, -0.2) is 9.78 Å². The number of hydrogen-bond donors (Lipinski definition) is 20. The number of aliphatic carboxylic acids is 1. The summed E-state index contributed by atoms with van der Waals surface area (Å²) in [7, 11) is 0. The number of carbonyl (C=O) groups excluding carboxylic acids is 10. The predicted octanol–water partition coefficient (Wildman–Crippen LogP) is -3.42. The van der Waals surface area contributed by atoms with Gasteiger partial charge < -0.3 is 101 Å². The molecule has 0 saturated carbocycles. The Morgan fingerprint density at radius 3 is 1.66 bits per heavy atom. The molecular formula is C62H86N18O14. The van der Waals surface area contributed by atoms with E-state index in [4.69, 9.17) is 28.3 Å². The zero-order valence-corrected chi connectivity index (χ0v) is 52.2. The summed E-state index contributed by atoms with van der Waals surface area (Å²) in [4.78, 5) is 161. The highest BCUT2D eigenvalue weighted by molar-refractivity contribution is 5.99. The lowest BCUT2D eigenvalue weighted by Gasteiger charge is -2.28. The Morgan fingerprint density at radius 2 is 1.09 bits per heavy atom. The van der Waals surface area contributed by atoms with Crippen molar-refractivity contribution >= 4 is 81.9 Å². The highest BCUT2D eigenvalue weighted by Crippen LogP contribution is 2.20. The van der Waals surface area contributed by atoms with Crippen LogP contribution in [0.25, 0.3) is 10.9 Å². The number of rotatable bonds is 40. The first-order valence-electron chi connectivity index (χ1n) is 30.6. The molecule has 0 bridgehead atoms. The summed E-state index contributed by atoms with van der Waals surface area (Å²) in [6.07, 6.45) is 3.15. The molecule has 0 radical (unpaired) electrons. The van der Waals surface area contributed by atoms with Crippen molar-refractivity contribution in [3.8, 4) is 5.75 Å². The van der Waals surface area contributed by atoms with Crippen LogP contribution in [0.5, 0.6) is 5.75 Å². The SMILES string of the molecule is CC(C)C(N)C(=O)NC(Cc1c[nH]c2ccccc12)C(=O)NC(CO)C(=O)NC(CCC(N)=O)C(=O)NC(CCCCN)C(=O)NC(CCCNC(=N)N)C(=O)NC(Cc1c[nH]cn1)C(=O)NC(Cc1ccccc1)C(=O)NCC(=O)NC(Cc1ccc(O)cc1)C(=O)O. The van der Waals surface area contributed by atoms with E-state index in [0.717, 1.165) is 10.9 Å². The molecule has 5 rings (SSSR count). The topological polar surface area (TPSA) is 541 Å². The van der Waals surface area contributed by atoms with Crippen molar-refractivity contribution in [3.63, 3.8) is 0 Å². The predicted molar refractivity (Wildman–Crippen MR) is 343 cm³/mol. The van der Waals surface area contributed by atoms with E-state index in [1.807, 2.05) is 6.07 Å². The molecule has 0 spiro atoms.